The summed E-state index contributed by atoms with van der Waals surface area (Å²) in [5, 5.41) is 29.8. The number of rotatable bonds is 3. The van der Waals surface area contributed by atoms with Crippen molar-refractivity contribution < 1.29 is 10.2 Å². The Balaban J connectivity index is 1.99. The van der Waals surface area contributed by atoms with E-state index >= 15 is 0 Å². The first-order valence-corrected chi connectivity index (χ1v) is 9.38. The number of aromatic nitrogens is 3. The summed E-state index contributed by atoms with van der Waals surface area (Å²) in [6, 6.07) is 20.7. The van der Waals surface area contributed by atoms with E-state index in [1.807, 2.05) is 0 Å². The Morgan fingerprint density at radius 2 is 1.24 bits per heavy atom. The van der Waals surface area contributed by atoms with Crippen molar-refractivity contribution in [2.45, 2.75) is 0 Å². The van der Waals surface area contributed by atoms with Gasteiger partial charge in [0.2, 0.25) is 0 Å². The van der Waals surface area contributed by atoms with Crippen LogP contribution in [0.15, 0.2) is 71.2 Å². The van der Waals surface area contributed by atoms with Gasteiger partial charge in [-0.05, 0) is 42.5 Å². The molecule has 0 amide bonds. The summed E-state index contributed by atoms with van der Waals surface area (Å²) in [6.45, 7) is 0. The number of nitrogens with zero attached hydrogens (tertiary/aromatic N) is 4. The van der Waals surface area contributed by atoms with Crippen LogP contribution < -0.4 is 0 Å². The fourth-order valence-electron chi connectivity index (χ4n) is 2.85. The number of aromatic hydroxyl groups is 2. The zero-order chi connectivity index (χ0) is 20.4. The van der Waals surface area contributed by atoms with E-state index in [9.17, 15) is 15.5 Å². The van der Waals surface area contributed by atoms with Crippen LogP contribution >= 0.6 is 15.9 Å². The second-order valence-electron chi connectivity index (χ2n) is 6.18. The van der Waals surface area contributed by atoms with E-state index in [1.54, 1.807) is 66.7 Å². The van der Waals surface area contributed by atoms with E-state index in [-0.39, 0.29) is 23.1 Å². The summed E-state index contributed by atoms with van der Waals surface area (Å²) in [5.74, 6) is 0.878. The van der Waals surface area contributed by atoms with Gasteiger partial charge < -0.3 is 10.2 Å². The first kappa shape index (κ1) is 18.6. The van der Waals surface area contributed by atoms with Crippen LogP contribution in [0, 0.1) is 11.3 Å². The van der Waals surface area contributed by atoms with Gasteiger partial charge in [0.15, 0.2) is 17.5 Å². The van der Waals surface area contributed by atoms with Crippen molar-refractivity contribution in [1.29, 1.82) is 5.26 Å². The molecule has 0 radical (unpaired) electrons. The summed E-state index contributed by atoms with van der Waals surface area (Å²) in [5.41, 5.74) is 1.92. The first-order valence-electron chi connectivity index (χ1n) is 8.59. The lowest BCUT2D eigenvalue weighted by molar-refractivity contribution is 0.477. The molecule has 0 aliphatic heterocycles. The van der Waals surface area contributed by atoms with Gasteiger partial charge in [0, 0.05) is 10.0 Å². The van der Waals surface area contributed by atoms with E-state index in [4.69, 9.17) is 0 Å². The lowest BCUT2D eigenvalue weighted by atomic mass is 10.1. The topological polar surface area (TPSA) is 103 Å². The maximum absolute atomic E-state index is 10.3. The molecule has 0 aliphatic carbocycles. The molecule has 0 saturated carbocycles. The molecule has 7 heteroatoms. The maximum atomic E-state index is 10.3. The summed E-state index contributed by atoms with van der Waals surface area (Å²) in [4.78, 5) is 13.5. The van der Waals surface area contributed by atoms with Gasteiger partial charge in [-0.2, -0.15) is 5.26 Å². The molecule has 1 aromatic heterocycles. The van der Waals surface area contributed by atoms with Crippen LogP contribution in [0.4, 0.5) is 0 Å². The molecule has 0 aliphatic rings. The number of phenolic OH excluding ortho intramolecular Hbond substituents is 2. The summed E-state index contributed by atoms with van der Waals surface area (Å²) >= 11 is 3.40. The van der Waals surface area contributed by atoms with Crippen molar-refractivity contribution in [2.75, 3.05) is 0 Å². The van der Waals surface area contributed by atoms with Crippen LogP contribution in [-0.2, 0) is 0 Å². The number of phenols is 2. The van der Waals surface area contributed by atoms with Gasteiger partial charge in [-0.1, -0.05) is 40.2 Å². The normalized spacial score (nSPS) is 10.5. The summed E-state index contributed by atoms with van der Waals surface area (Å²) in [6.07, 6.45) is 0. The molecule has 29 heavy (non-hydrogen) atoms. The van der Waals surface area contributed by atoms with Gasteiger partial charge in [0.1, 0.15) is 11.5 Å². The lowest BCUT2D eigenvalue weighted by Crippen LogP contribution is -2.00. The molecule has 6 nitrogen and oxygen atoms in total. The van der Waals surface area contributed by atoms with Crippen molar-refractivity contribution >= 4 is 15.9 Å². The third kappa shape index (κ3) is 3.79. The summed E-state index contributed by atoms with van der Waals surface area (Å²) in [7, 11) is 0. The third-order valence-corrected chi connectivity index (χ3v) is 4.67. The van der Waals surface area contributed by atoms with Crippen LogP contribution in [0.1, 0.15) is 5.56 Å². The first-order chi connectivity index (χ1) is 14.0. The number of benzene rings is 3. The fraction of sp³-hybridized carbons (Fsp3) is 0. The average Bonchev–Trinajstić information content (AvgIpc) is 2.73. The monoisotopic (exact) mass is 444 g/mol. The molecule has 0 unspecified atom stereocenters. The van der Waals surface area contributed by atoms with E-state index in [0.29, 0.717) is 32.6 Å². The molecule has 0 saturated heterocycles. The number of para-hydroxylation sites is 2. The van der Waals surface area contributed by atoms with Crippen LogP contribution in [0.25, 0.3) is 34.2 Å². The Morgan fingerprint density at radius 3 is 1.76 bits per heavy atom. The Morgan fingerprint density at radius 1 is 0.724 bits per heavy atom. The van der Waals surface area contributed by atoms with E-state index in [1.165, 1.54) is 0 Å². The molecular formula is C22H13BrN4O2. The van der Waals surface area contributed by atoms with Gasteiger partial charge in [0.05, 0.1) is 22.8 Å². The molecule has 3 aromatic carbocycles. The smallest absolute Gasteiger partial charge is 0.167 e. The molecule has 4 rings (SSSR count). The molecule has 0 spiro atoms. The predicted octanol–water partition coefficient (Wildman–Crippen LogP) is 4.92. The van der Waals surface area contributed by atoms with E-state index in [0.717, 1.165) is 0 Å². The van der Waals surface area contributed by atoms with Crippen LogP contribution in [0.2, 0.25) is 0 Å². The van der Waals surface area contributed by atoms with Crippen LogP contribution in [0.5, 0.6) is 11.5 Å². The molecular weight excluding hydrogens is 432 g/mol. The summed E-state index contributed by atoms with van der Waals surface area (Å²) < 4.78 is 0.708. The number of nitriles is 1. The van der Waals surface area contributed by atoms with Gasteiger partial charge in [-0.15, -0.1) is 0 Å². The zero-order valence-corrected chi connectivity index (χ0v) is 16.5. The van der Waals surface area contributed by atoms with Gasteiger partial charge in [-0.3, -0.25) is 0 Å². The Kier molecular flexibility index (Phi) is 4.94. The second-order valence-corrected chi connectivity index (χ2v) is 7.10. The second kappa shape index (κ2) is 7.70. The largest absolute Gasteiger partial charge is 0.507 e. The average molecular weight is 445 g/mol. The highest BCUT2D eigenvalue weighted by Crippen LogP contribution is 2.32. The molecule has 2 N–H and O–H groups in total. The third-order valence-electron chi connectivity index (χ3n) is 4.21. The van der Waals surface area contributed by atoms with Crippen molar-refractivity contribution in [3.8, 4) is 51.7 Å². The minimum atomic E-state index is 0.0276. The minimum absolute atomic E-state index is 0.0276. The van der Waals surface area contributed by atoms with Crippen molar-refractivity contribution in [1.82, 2.24) is 15.0 Å². The van der Waals surface area contributed by atoms with Crippen molar-refractivity contribution in [3.05, 3.63) is 76.8 Å². The Labute approximate surface area is 174 Å². The standard InChI is InChI=1S/C22H13BrN4O2/c23-15-10-13(12-24)9-14(11-15)20-25-21(16-5-1-3-7-18(16)28)27-22(26-20)17-6-2-4-8-19(17)29/h1-11,28-29H. The van der Waals surface area contributed by atoms with Gasteiger partial charge in [-0.25, -0.2) is 15.0 Å². The SMILES string of the molecule is N#Cc1cc(Br)cc(-c2nc(-c3ccccc3O)nc(-c3ccccc3O)n2)c1. The van der Waals surface area contributed by atoms with Gasteiger partial charge >= 0.3 is 0 Å². The highest BCUT2D eigenvalue weighted by Gasteiger charge is 2.16. The Hall–Kier alpha value is -3.76. The quantitative estimate of drug-likeness (QED) is 0.464. The van der Waals surface area contributed by atoms with E-state index < -0.39 is 0 Å². The predicted molar refractivity (Wildman–Crippen MR) is 112 cm³/mol. The number of halogens is 1. The maximum Gasteiger partial charge on any atom is 0.167 e. The van der Waals surface area contributed by atoms with Gasteiger partial charge in [0.25, 0.3) is 0 Å². The highest BCUT2D eigenvalue weighted by atomic mass is 79.9. The van der Waals surface area contributed by atoms with Crippen molar-refractivity contribution in [3.63, 3.8) is 0 Å². The molecule has 0 atom stereocenters. The molecule has 140 valence electrons. The van der Waals surface area contributed by atoms with Crippen LogP contribution in [-0.4, -0.2) is 25.2 Å². The highest BCUT2D eigenvalue weighted by molar-refractivity contribution is 9.10. The molecule has 4 aromatic rings. The van der Waals surface area contributed by atoms with Crippen molar-refractivity contribution in [2.24, 2.45) is 0 Å². The van der Waals surface area contributed by atoms with Crippen LogP contribution in [0.3, 0.4) is 0 Å². The Bertz CT molecular complexity index is 1200. The fourth-order valence-corrected chi connectivity index (χ4v) is 3.35. The molecule has 0 bridgehead atoms. The molecule has 0 fully saturated rings. The zero-order valence-electron chi connectivity index (χ0n) is 14.9. The lowest BCUT2D eigenvalue weighted by Gasteiger charge is -2.10. The minimum Gasteiger partial charge on any atom is -0.507 e. The van der Waals surface area contributed by atoms with E-state index in [2.05, 4.69) is 37.0 Å². The number of hydrogen-bond donors (Lipinski definition) is 2. The molecule has 1 heterocycles. The number of hydrogen-bond acceptors (Lipinski definition) is 6.